The van der Waals surface area contributed by atoms with Crippen LogP contribution in [0.15, 0.2) is 6.07 Å². The zero-order valence-electron chi connectivity index (χ0n) is 11.0. The van der Waals surface area contributed by atoms with Crippen LogP contribution in [0, 0.1) is 6.92 Å². The lowest BCUT2D eigenvalue weighted by Gasteiger charge is -2.07. The molecule has 1 amide bonds. The van der Waals surface area contributed by atoms with E-state index >= 15 is 0 Å². The van der Waals surface area contributed by atoms with Crippen LogP contribution in [0.25, 0.3) is 0 Å². The molecule has 0 bridgehead atoms. The van der Waals surface area contributed by atoms with Crippen LogP contribution in [0.1, 0.15) is 27.9 Å². The maximum absolute atomic E-state index is 12.2. The highest BCUT2D eigenvalue weighted by molar-refractivity contribution is 7.14. The largest absolute Gasteiger partial charge is 0.433 e. The van der Waals surface area contributed by atoms with E-state index in [0.717, 1.165) is 29.2 Å². The van der Waals surface area contributed by atoms with Gasteiger partial charge < -0.3 is 15.4 Å². The number of aryl methyl sites for hydroxylation is 1. The lowest BCUT2D eigenvalue weighted by molar-refractivity contribution is -0.0498. The first-order valence-electron chi connectivity index (χ1n) is 6.08. The van der Waals surface area contributed by atoms with Crippen LogP contribution < -0.4 is 15.4 Å². The summed E-state index contributed by atoms with van der Waals surface area (Å²) in [6, 6.07) is 1.45. The number of nitrogens with one attached hydrogen (secondary N) is 2. The first-order valence-corrected chi connectivity index (χ1v) is 6.90. The van der Waals surface area contributed by atoms with Crippen molar-refractivity contribution in [1.29, 1.82) is 0 Å². The molecule has 4 nitrogen and oxygen atoms in total. The lowest BCUT2D eigenvalue weighted by Crippen LogP contribution is -2.31. The second-order valence-electron chi connectivity index (χ2n) is 3.93. The number of hydrogen-bond donors (Lipinski definition) is 2. The van der Waals surface area contributed by atoms with E-state index in [0.29, 0.717) is 13.1 Å². The molecular weight excluding hydrogens is 274 g/mol. The van der Waals surface area contributed by atoms with Gasteiger partial charge in [0.2, 0.25) is 0 Å². The number of carbonyl (C=O) groups excluding carboxylic acids is 1. The molecule has 0 aromatic carbocycles. The molecular formula is C12H18F2N2O2S. The number of halogens is 2. The zero-order chi connectivity index (χ0) is 14.3. The molecule has 0 fully saturated rings. The number of amides is 1. The molecule has 7 heteroatoms. The Morgan fingerprint density at radius 2 is 2.16 bits per heavy atom. The Hall–Kier alpha value is -1.21. The average Bonchev–Trinajstić information content (AvgIpc) is 2.69. The molecule has 0 atom stereocenters. The first kappa shape index (κ1) is 15.8. The molecule has 0 spiro atoms. The van der Waals surface area contributed by atoms with Crippen molar-refractivity contribution >= 4 is 17.2 Å². The van der Waals surface area contributed by atoms with Gasteiger partial charge in [-0.05, 0) is 26.0 Å². The average molecular weight is 292 g/mol. The second kappa shape index (κ2) is 8.06. The monoisotopic (exact) mass is 292 g/mol. The molecule has 1 rings (SSSR count). The van der Waals surface area contributed by atoms with Gasteiger partial charge in [-0.3, -0.25) is 4.79 Å². The zero-order valence-corrected chi connectivity index (χ0v) is 11.8. The molecule has 0 aliphatic carbocycles. The van der Waals surface area contributed by atoms with Crippen LogP contribution in [-0.2, 0) is 0 Å². The first-order chi connectivity index (χ1) is 9.04. The van der Waals surface area contributed by atoms with Crippen molar-refractivity contribution in [3.63, 3.8) is 0 Å². The Bertz CT molecular complexity index is 410. The fraction of sp³-hybridized carbons (Fsp3) is 0.583. The van der Waals surface area contributed by atoms with Crippen LogP contribution in [0.5, 0.6) is 5.75 Å². The molecule has 1 aromatic rings. The van der Waals surface area contributed by atoms with E-state index in [9.17, 15) is 13.6 Å². The molecule has 0 aliphatic heterocycles. The predicted octanol–water partition coefficient (Wildman–Crippen LogP) is 2.39. The van der Waals surface area contributed by atoms with Crippen molar-refractivity contribution in [3.8, 4) is 5.75 Å². The van der Waals surface area contributed by atoms with Crippen LogP contribution >= 0.6 is 11.3 Å². The summed E-state index contributed by atoms with van der Waals surface area (Å²) < 4.78 is 28.7. The third kappa shape index (κ3) is 5.52. The smallest absolute Gasteiger partial charge is 0.387 e. The molecule has 0 saturated carbocycles. The number of rotatable bonds is 8. The number of thiophene rings is 1. The highest BCUT2D eigenvalue weighted by Gasteiger charge is 2.18. The van der Waals surface area contributed by atoms with Gasteiger partial charge in [0.25, 0.3) is 5.91 Å². The van der Waals surface area contributed by atoms with Crippen LogP contribution in [0.4, 0.5) is 8.78 Å². The summed E-state index contributed by atoms with van der Waals surface area (Å²) in [5.41, 5.74) is 0. The van der Waals surface area contributed by atoms with Gasteiger partial charge in [-0.2, -0.15) is 8.78 Å². The predicted molar refractivity (Wildman–Crippen MR) is 71.2 cm³/mol. The van der Waals surface area contributed by atoms with Gasteiger partial charge in [-0.15, -0.1) is 11.3 Å². The van der Waals surface area contributed by atoms with Crippen molar-refractivity contribution in [1.82, 2.24) is 10.6 Å². The van der Waals surface area contributed by atoms with Crippen LogP contribution in [0.3, 0.4) is 0 Å². The summed E-state index contributed by atoms with van der Waals surface area (Å²) >= 11 is 1.14. The molecule has 0 aliphatic rings. The fourth-order valence-electron chi connectivity index (χ4n) is 1.48. The summed E-state index contributed by atoms with van der Waals surface area (Å²) in [6.07, 6.45) is 1.02. The van der Waals surface area contributed by atoms with Crippen LogP contribution in [-0.4, -0.2) is 32.2 Å². The Balaban J connectivity index is 2.51. The van der Waals surface area contributed by atoms with Gasteiger partial charge in [0.05, 0.1) is 0 Å². The normalized spacial score (nSPS) is 10.8. The number of ether oxygens (including phenoxy) is 1. The molecule has 0 unspecified atom stereocenters. The minimum absolute atomic E-state index is 0.0588. The topological polar surface area (TPSA) is 50.4 Å². The molecule has 1 heterocycles. The highest BCUT2D eigenvalue weighted by atomic mass is 32.1. The Labute approximate surface area is 115 Å². The summed E-state index contributed by atoms with van der Waals surface area (Å²) in [7, 11) is 0. The van der Waals surface area contributed by atoms with Crippen molar-refractivity contribution < 1.29 is 18.3 Å². The third-order valence-electron chi connectivity index (χ3n) is 2.26. The summed E-state index contributed by atoms with van der Waals surface area (Å²) in [6.45, 7) is 2.84. The van der Waals surface area contributed by atoms with E-state index in [1.165, 1.54) is 6.07 Å². The summed E-state index contributed by atoms with van der Waals surface area (Å²) in [5, 5.41) is 5.80. The van der Waals surface area contributed by atoms with Gasteiger partial charge in [-0.1, -0.05) is 6.92 Å². The Morgan fingerprint density at radius 1 is 1.42 bits per heavy atom. The minimum Gasteiger partial charge on any atom is -0.433 e. The number of hydrogen-bond acceptors (Lipinski definition) is 4. The fourth-order valence-corrected chi connectivity index (χ4v) is 2.34. The third-order valence-corrected chi connectivity index (χ3v) is 3.29. The summed E-state index contributed by atoms with van der Waals surface area (Å²) in [5.74, 6) is -0.441. The van der Waals surface area contributed by atoms with Gasteiger partial charge in [-0.25, -0.2) is 0 Å². The van der Waals surface area contributed by atoms with Gasteiger partial charge in [0, 0.05) is 18.0 Å². The quantitative estimate of drug-likeness (QED) is 0.723. The second-order valence-corrected chi connectivity index (χ2v) is 5.19. The highest BCUT2D eigenvalue weighted by Crippen LogP contribution is 2.29. The van der Waals surface area contributed by atoms with E-state index in [1.54, 1.807) is 6.92 Å². The number of alkyl halides is 2. The van der Waals surface area contributed by atoms with E-state index in [2.05, 4.69) is 15.4 Å². The van der Waals surface area contributed by atoms with E-state index in [1.807, 2.05) is 6.92 Å². The van der Waals surface area contributed by atoms with Gasteiger partial charge in [0.15, 0.2) is 0 Å². The van der Waals surface area contributed by atoms with E-state index in [4.69, 9.17) is 0 Å². The van der Waals surface area contributed by atoms with Crippen LogP contribution in [0.2, 0.25) is 0 Å². The summed E-state index contributed by atoms with van der Waals surface area (Å²) in [4.78, 5) is 12.8. The van der Waals surface area contributed by atoms with Crippen molar-refractivity contribution in [2.45, 2.75) is 26.9 Å². The minimum atomic E-state index is -2.92. The van der Waals surface area contributed by atoms with E-state index < -0.39 is 6.61 Å². The molecule has 19 heavy (non-hydrogen) atoms. The molecule has 2 N–H and O–H groups in total. The maximum Gasteiger partial charge on any atom is 0.387 e. The SMILES string of the molecule is CCCNCCNC(=O)c1sc(C)cc1OC(F)F. The van der Waals surface area contributed by atoms with Crippen molar-refractivity contribution in [2.75, 3.05) is 19.6 Å². The Morgan fingerprint density at radius 3 is 2.79 bits per heavy atom. The van der Waals surface area contributed by atoms with Gasteiger partial charge in [0.1, 0.15) is 10.6 Å². The molecule has 1 aromatic heterocycles. The molecule has 0 saturated heterocycles. The van der Waals surface area contributed by atoms with E-state index in [-0.39, 0.29) is 16.5 Å². The number of carbonyl (C=O) groups is 1. The molecule has 108 valence electrons. The maximum atomic E-state index is 12.2. The van der Waals surface area contributed by atoms with Crippen molar-refractivity contribution in [3.05, 3.63) is 15.8 Å². The lowest BCUT2D eigenvalue weighted by atomic mass is 10.3. The molecule has 0 radical (unpaired) electrons. The standard InChI is InChI=1S/C12H18F2N2O2S/c1-3-4-15-5-6-16-11(17)10-9(18-12(13)14)7-8(2)19-10/h7,12,15H,3-6H2,1-2H3,(H,16,17). The van der Waals surface area contributed by atoms with Gasteiger partial charge >= 0.3 is 6.61 Å². The van der Waals surface area contributed by atoms with Crippen molar-refractivity contribution in [2.24, 2.45) is 0 Å². The Kier molecular flexibility index (Phi) is 6.72.